The van der Waals surface area contributed by atoms with Crippen molar-refractivity contribution in [1.29, 1.82) is 0 Å². The van der Waals surface area contributed by atoms with E-state index in [9.17, 15) is 8.42 Å². The Kier molecular flexibility index (Phi) is 7.72. The van der Waals surface area contributed by atoms with Crippen molar-refractivity contribution in [1.82, 2.24) is 10.0 Å². The van der Waals surface area contributed by atoms with Gasteiger partial charge in [-0.1, -0.05) is 33.1 Å². The number of sulfonamides is 1. The molecule has 1 rings (SSSR count). The molecule has 1 aromatic rings. The van der Waals surface area contributed by atoms with Gasteiger partial charge in [-0.3, -0.25) is 0 Å². The van der Waals surface area contributed by atoms with Crippen LogP contribution >= 0.6 is 11.3 Å². The summed E-state index contributed by atoms with van der Waals surface area (Å²) in [6, 6.07) is 1.68. The predicted octanol–water partition coefficient (Wildman–Crippen LogP) is 3.10. The van der Waals surface area contributed by atoms with Gasteiger partial charge in [0, 0.05) is 17.5 Å². The van der Waals surface area contributed by atoms with Crippen molar-refractivity contribution < 1.29 is 8.42 Å². The first kappa shape index (κ1) is 17.6. The van der Waals surface area contributed by atoms with Crippen LogP contribution < -0.4 is 10.0 Å². The summed E-state index contributed by atoms with van der Waals surface area (Å²) in [5.74, 6) is 0. The van der Waals surface area contributed by atoms with E-state index in [0.29, 0.717) is 11.4 Å². The summed E-state index contributed by atoms with van der Waals surface area (Å²) in [6.45, 7) is 7.53. The molecule has 0 aliphatic rings. The van der Waals surface area contributed by atoms with Gasteiger partial charge in [0.25, 0.3) is 0 Å². The molecule has 0 aliphatic heterocycles. The van der Waals surface area contributed by atoms with Gasteiger partial charge in [-0.05, 0) is 31.3 Å². The molecule has 1 unspecified atom stereocenters. The first-order chi connectivity index (χ1) is 9.51. The lowest BCUT2D eigenvalue weighted by Gasteiger charge is -2.14. The van der Waals surface area contributed by atoms with Crippen LogP contribution in [0.25, 0.3) is 0 Å². The number of unbranched alkanes of at least 4 members (excludes halogenated alkanes) is 2. The molecule has 0 spiro atoms. The Labute approximate surface area is 127 Å². The third-order valence-corrected chi connectivity index (χ3v) is 5.85. The highest BCUT2D eigenvalue weighted by Crippen LogP contribution is 2.22. The first-order valence-corrected chi connectivity index (χ1v) is 9.67. The Hall–Kier alpha value is -0.430. The summed E-state index contributed by atoms with van der Waals surface area (Å²) in [7, 11) is -3.39. The average Bonchev–Trinajstić information content (AvgIpc) is 2.85. The first-order valence-electron chi connectivity index (χ1n) is 7.30. The van der Waals surface area contributed by atoms with E-state index in [1.165, 1.54) is 11.3 Å². The SMILES string of the molecule is CCCCCC(C)NS(=O)(=O)c1ccsc1CNCC. The normalized spacial score (nSPS) is 13.6. The van der Waals surface area contributed by atoms with E-state index in [2.05, 4.69) is 17.0 Å². The van der Waals surface area contributed by atoms with Crippen molar-refractivity contribution in [2.45, 2.75) is 63.9 Å². The summed E-state index contributed by atoms with van der Waals surface area (Å²) in [5, 5.41) is 5.01. The molecule has 0 fully saturated rings. The van der Waals surface area contributed by atoms with Crippen LogP contribution in [0.15, 0.2) is 16.3 Å². The van der Waals surface area contributed by atoms with Crippen LogP contribution in [-0.4, -0.2) is 21.0 Å². The molecular formula is C14H26N2O2S2. The van der Waals surface area contributed by atoms with Gasteiger partial charge in [-0.25, -0.2) is 13.1 Å². The van der Waals surface area contributed by atoms with Crippen LogP contribution in [0.2, 0.25) is 0 Å². The van der Waals surface area contributed by atoms with Crippen LogP contribution in [0.3, 0.4) is 0 Å². The molecule has 0 bridgehead atoms. The second-order valence-electron chi connectivity index (χ2n) is 5.01. The van der Waals surface area contributed by atoms with E-state index < -0.39 is 10.0 Å². The van der Waals surface area contributed by atoms with Gasteiger partial charge in [-0.15, -0.1) is 11.3 Å². The lowest BCUT2D eigenvalue weighted by atomic mass is 10.1. The van der Waals surface area contributed by atoms with Gasteiger partial charge in [0.15, 0.2) is 0 Å². The standard InChI is InChI=1S/C14H26N2O2S2/c1-4-6-7-8-12(3)16-20(17,18)14-9-10-19-13(14)11-15-5-2/h9-10,12,15-16H,4-8,11H2,1-3H3. The van der Waals surface area contributed by atoms with Crippen LogP contribution in [0.5, 0.6) is 0 Å². The van der Waals surface area contributed by atoms with Gasteiger partial charge in [0.05, 0.1) is 4.90 Å². The molecule has 2 N–H and O–H groups in total. The second kappa shape index (κ2) is 8.77. The van der Waals surface area contributed by atoms with Gasteiger partial charge >= 0.3 is 0 Å². The number of hydrogen-bond acceptors (Lipinski definition) is 4. The zero-order chi connectivity index (χ0) is 15.0. The third kappa shape index (κ3) is 5.52. The summed E-state index contributed by atoms with van der Waals surface area (Å²) in [5.41, 5.74) is 0. The molecule has 1 heterocycles. The molecule has 0 aliphatic carbocycles. The maximum atomic E-state index is 12.4. The zero-order valence-electron chi connectivity index (χ0n) is 12.6. The maximum Gasteiger partial charge on any atom is 0.241 e. The third-order valence-electron chi connectivity index (χ3n) is 3.13. The molecule has 4 nitrogen and oxygen atoms in total. The van der Waals surface area contributed by atoms with Gasteiger partial charge in [-0.2, -0.15) is 0 Å². The molecule has 0 saturated heterocycles. The molecule has 0 saturated carbocycles. The highest BCUT2D eigenvalue weighted by atomic mass is 32.2. The molecule has 0 radical (unpaired) electrons. The van der Waals surface area contributed by atoms with E-state index in [1.54, 1.807) is 6.07 Å². The lowest BCUT2D eigenvalue weighted by Crippen LogP contribution is -2.33. The molecular weight excluding hydrogens is 292 g/mol. The van der Waals surface area contributed by atoms with E-state index in [4.69, 9.17) is 0 Å². The molecule has 1 atom stereocenters. The summed E-state index contributed by atoms with van der Waals surface area (Å²) < 4.78 is 27.6. The number of thiophene rings is 1. The minimum Gasteiger partial charge on any atom is -0.312 e. The Balaban J connectivity index is 2.66. The zero-order valence-corrected chi connectivity index (χ0v) is 14.2. The fraction of sp³-hybridized carbons (Fsp3) is 0.714. The summed E-state index contributed by atoms with van der Waals surface area (Å²) in [6.07, 6.45) is 4.25. The lowest BCUT2D eigenvalue weighted by molar-refractivity contribution is 0.526. The quantitative estimate of drug-likeness (QED) is 0.652. The molecule has 1 aromatic heterocycles. The number of nitrogens with one attached hydrogen (secondary N) is 2. The van der Waals surface area contributed by atoms with E-state index in [1.807, 2.05) is 19.2 Å². The summed E-state index contributed by atoms with van der Waals surface area (Å²) >= 11 is 1.48. The van der Waals surface area contributed by atoms with Crippen molar-refractivity contribution in [3.8, 4) is 0 Å². The molecule has 0 amide bonds. The van der Waals surface area contributed by atoms with Crippen LogP contribution in [-0.2, 0) is 16.6 Å². The van der Waals surface area contributed by atoms with Gasteiger partial charge < -0.3 is 5.32 Å². The van der Waals surface area contributed by atoms with Gasteiger partial charge in [0.2, 0.25) is 10.0 Å². The average molecular weight is 319 g/mol. The minimum absolute atomic E-state index is 0.0153. The molecule has 20 heavy (non-hydrogen) atoms. The molecule has 0 aromatic carbocycles. The maximum absolute atomic E-state index is 12.4. The highest BCUT2D eigenvalue weighted by Gasteiger charge is 2.21. The number of hydrogen-bond donors (Lipinski definition) is 2. The Bertz CT molecular complexity index is 483. The smallest absolute Gasteiger partial charge is 0.241 e. The van der Waals surface area contributed by atoms with Gasteiger partial charge in [0.1, 0.15) is 0 Å². The van der Waals surface area contributed by atoms with Crippen molar-refractivity contribution in [2.24, 2.45) is 0 Å². The highest BCUT2D eigenvalue weighted by molar-refractivity contribution is 7.89. The molecule has 116 valence electrons. The Morgan fingerprint density at radius 3 is 2.70 bits per heavy atom. The minimum atomic E-state index is -3.39. The Morgan fingerprint density at radius 1 is 1.30 bits per heavy atom. The Morgan fingerprint density at radius 2 is 2.05 bits per heavy atom. The van der Waals surface area contributed by atoms with Crippen LogP contribution in [0, 0.1) is 0 Å². The largest absolute Gasteiger partial charge is 0.312 e. The fourth-order valence-electron chi connectivity index (χ4n) is 2.02. The van der Waals surface area contributed by atoms with E-state index in [0.717, 1.165) is 37.1 Å². The monoisotopic (exact) mass is 318 g/mol. The van der Waals surface area contributed by atoms with Crippen LogP contribution in [0.1, 0.15) is 51.3 Å². The second-order valence-corrected chi connectivity index (χ2v) is 7.69. The van der Waals surface area contributed by atoms with Crippen LogP contribution in [0.4, 0.5) is 0 Å². The topological polar surface area (TPSA) is 58.2 Å². The van der Waals surface area contributed by atoms with E-state index in [-0.39, 0.29) is 6.04 Å². The van der Waals surface area contributed by atoms with Crippen molar-refractivity contribution in [2.75, 3.05) is 6.54 Å². The van der Waals surface area contributed by atoms with Crippen molar-refractivity contribution in [3.05, 3.63) is 16.3 Å². The van der Waals surface area contributed by atoms with E-state index >= 15 is 0 Å². The predicted molar refractivity (Wildman–Crippen MR) is 85.6 cm³/mol. The van der Waals surface area contributed by atoms with Crippen molar-refractivity contribution in [3.63, 3.8) is 0 Å². The summed E-state index contributed by atoms with van der Waals surface area (Å²) in [4.78, 5) is 1.30. The fourth-order valence-corrected chi connectivity index (χ4v) is 4.71. The molecule has 6 heteroatoms. The number of rotatable bonds is 10. The van der Waals surface area contributed by atoms with Crippen molar-refractivity contribution >= 4 is 21.4 Å².